The molecule has 450 valence electrons. The van der Waals surface area contributed by atoms with Crippen LogP contribution in [-0.2, 0) is 52.9 Å². The van der Waals surface area contributed by atoms with Gasteiger partial charge in [0.25, 0.3) is 5.56 Å². The molecule has 3 aromatic heterocycles. The number of nitrogens with zero attached hydrogens (tertiary/aromatic N) is 4. The fraction of sp³-hybridized carbons (Fsp3) is 0.400. The number of nitrogen functional groups attached to an aromatic ring is 1. The molecule has 0 saturated carbocycles. The van der Waals surface area contributed by atoms with Crippen molar-refractivity contribution in [2.24, 2.45) is 0 Å². The Bertz CT molecular complexity index is 3630. The number of ketones is 1. The van der Waals surface area contributed by atoms with Crippen LogP contribution >= 0.6 is 36.4 Å². The number of aromatic nitrogens is 5. The van der Waals surface area contributed by atoms with E-state index in [9.17, 15) is 19.2 Å². The fourth-order valence-corrected chi connectivity index (χ4v) is 16.9. The average Bonchev–Trinajstić information content (AvgIpc) is 4.00. The van der Waals surface area contributed by atoms with Gasteiger partial charge in [0.1, 0.15) is 66.0 Å². The maximum absolute atomic E-state index is 15.6. The summed E-state index contributed by atoms with van der Waals surface area (Å²) in [6.07, 6.45) is 6.03. The Hall–Kier alpha value is -6.20. The van der Waals surface area contributed by atoms with Crippen LogP contribution in [0.2, 0.25) is 0 Å². The Morgan fingerprint density at radius 3 is 1.96 bits per heavy atom. The van der Waals surface area contributed by atoms with E-state index in [1.807, 2.05) is 19.1 Å². The van der Waals surface area contributed by atoms with Crippen LogP contribution in [0.25, 0.3) is 11.0 Å². The number of benzene rings is 4. The number of ether oxygens (including phenoxy) is 5. The monoisotopic (exact) mass is 1240 g/mol. The van der Waals surface area contributed by atoms with Crippen LogP contribution in [0.1, 0.15) is 120 Å². The molecule has 10 rings (SSSR count). The van der Waals surface area contributed by atoms with Crippen molar-refractivity contribution in [3.63, 3.8) is 0 Å². The zero-order valence-electron chi connectivity index (χ0n) is 47.3. The molecule has 3 fully saturated rings. The molecule has 4 aromatic carbocycles. The number of esters is 1. The van der Waals surface area contributed by atoms with Gasteiger partial charge < -0.3 is 34.0 Å². The van der Waals surface area contributed by atoms with E-state index in [0.29, 0.717) is 51.2 Å². The number of aromatic amines is 1. The topological polar surface area (TPSA) is 263 Å². The fourth-order valence-electron chi connectivity index (χ4n) is 10.2. The summed E-state index contributed by atoms with van der Waals surface area (Å²) in [6.45, 7) is -4.89. The van der Waals surface area contributed by atoms with E-state index in [1.165, 1.54) is 58.2 Å². The summed E-state index contributed by atoms with van der Waals surface area (Å²) in [5, 5.41) is 0.570. The summed E-state index contributed by atoms with van der Waals surface area (Å²) in [6, 6.07) is 30.6. The highest BCUT2D eigenvalue weighted by Crippen LogP contribution is 2.67. The molecule has 9 atom stereocenters. The van der Waals surface area contributed by atoms with Gasteiger partial charge in [-0.3, -0.25) is 37.2 Å². The lowest BCUT2D eigenvalue weighted by Gasteiger charge is -2.29. The first-order valence-electron chi connectivity index (χ1n) is 28.3. The lowest BCUT2D eigenvalue weighted by molar-refractivity contribution is -0.0600. The molecular formula is C60H68N6O15P2S2. The highest BCUT2D eigenvalue weighted by atomic mass is 32.7. The van der Waals surface area contributed by atoms with E-state index in [0.717, 1.165) is 51.8 Å². The lowest BCUT2D eigenvalue weighted by atomic mass is 10.0. The molecule has 6 heterocycles. The Morgan fingerprint density at radius 2 is 1.29 bits per heavy atom. The number of unbranched alkanes of at least 4 members (excludes halogenated alkanes) is 7. The number of carbonyl (C=O) groups is 2. The number of nitrogens with two attached hydrogens (primary N) is 1. The van der Waals surface area contributed by atoms with Crippen molar-refractivity contribution in [1.29, 1.82) is 0 Å². The molecule has 3 aliphatic heterocycles. The smallest absolute Gasteiger partial charge is 0.390 e. The third-order valence-electron chi connectivity index (χ3n) is 14.8. The molecule has 0 spiro atoms. The Labute approximate surface area is 499 Å². The maximum atomic E-state index is 15.6. The lowest BCUT2D eigenvalue weighted by Crippen LogP contribution is -2.39. The number of aryl methyl sites for hydroxylation is 1. The minimum atomic E-state index is -4.44. The van der Waals surface area contributed by atoms with Gasteiger partial charge in [-0.1, -0.05) is 118 Å². The summed E-state index contributed by atoms with van der Waals surface area (Å²) in [7, 11) is 1.37. The first-order chi connectivity index (χ1) is 41.2. The van der Waals surface area contributed by atoms with E-state index >= 15 is 9.13 Å². The minimum absolute atomic E-state index is 0.0558. The van der Waals surface area contributed by atoms with E-state index in [1.54, 1.807) is 102 Å². The van der Waals surface area contributed by atoms with Gasteiger partial charge >= 0.3 is 25.3 Å². The summed E-state index contributed by atoms with van der Waals surface area (Å²) in [5.74, 6) is 0.629. The molecule has 2 unspecified atom stereocenters. The predicted molar refractivity (Wildman–Crippen MR) is 323 cm³/mol. The molecule has 0 aliphatic carbocycles. The molecule has 25 heteroatoms. The Kier molecular flexibility index (Phi) is 20.8. The molecule has 21 nitrogen and oxygen atoms in total. The summed E-state index contributed by atoms with van der Waals surface area (Å²) in [5.41, 5.74) is 8.85. The minimum Gasteiger partial charge on any atom is -0.494 e. The number of hydrogen-bond acceptors (Lipinski definition) is 20. The third kappa shape index (κ3) is 15.7. The first-order valence-corrected chi connectivity index (χ1v) is 34.6. The molecule has 3 aliphatic rings. The van der Waals surface area contributed by atoms with Gasteiger partial charge in [-0.25, -0.2) is 28.7 Å². The molecule has 3 N–H and O–H groups in total. The third-order valence-corrected chi connectivity index (χ3v) is 22.2. The zero-order chi connectivity index (χ0) is 59.5. The van der Waals surface area contributed by atoms with Gasteiger partial charge in [-0.15, -0.1) is 0 Å². The first kappa shape index (κ1) is 61.9. The Balaban J connectivity index is 0.875. The van der Waals surface area contributed by atoms with Crippen LogP contribution in [0.5, 0.6) is 11.5 Å². The van der Waals surface area contributed by atoms with E-state index in [4.69, 9.17) is 47.5 Å². The molecule has 0 radical (unpaired) electrons. The van der Waals surface area contributed by atoms with Crippen LogP contribution in [0.15, 0.2) is 138 Å². The number of methoxy groups -OCH3 is 1. The van der Waals surface area contributed by atoms with Crippen LogP contribution in [0, 0.1) is 6.92 Å². The molecule has 2 bridgehead atoms. The molecule has 7 aromatic rings. The van der Waals surface area contributed by atoms with Gasteiger partial charge in [-0.05, 0) is 89.7 Å². The maximum Gasteiger partial charge on any atom is 0.390 e. The van der Waals surface area contributed by atoms with Crippen molar-refractivity contribution < 1.29 is 60.5 Å². The molecule has 0 amide bonds. The van der Waals surface area contributed by atoms with Gasteiger partial charge in [-0.2, -0.15) is 0 Å². The van der Waals surface area contributed by atoms with Crippen molar-refractivity contribution >= 4 is 65.0 Å². The number of hydrogen-bond donors (Lipinski definition) is 2. The van der Waals surface area contributed by atoms with Gasteiger partial charge in [0.15, 0.2) is 12.0 Å². The second-order valence-electron chi connectivity index (χ2n) is 20.9. The van der Waals surface area contributed by atoms with Crippen molar-refractivity contribution in [2.75, 3.05) is 32.7 Å². The van der Waals surface area contributed by atoms with Crippen molar-refractivity contribution in [1.82, 2.24) is 24.1 Å². The normalized spacial score (nSPS) is 24.2. The van der Waals surface area contributed by atoms with Gasteiger partial charge in [0.2, 0.25) is 0 Å². The molecule has 3 saturated heterocycles. The standard InChI is InChI=1S/C60H68N6O15P2S2/c1-4-5-6-7-8-9-10-11-32-74-45-26-22-44(23-27-45)59(69)77-46-24-16-41(17-25-46)37-84-82(71)76-35-50-54(73-3)55(58(79-50)66-31-29-51(67)64-60(66)70)81-83(72,85-36-40-14-20-43(21-15-40)53(68)42-18-12-39(2)13-19-42)75-34-49-48(80-82)33-52(78-49)65-30-28-47-56(61)62-38-63-57(47)65/h12-31,38,48-50,52,54-55,58H,4-11,32-37H2,1-3H3,(H2,61,62,63)(H,64,67,70)/t48-,49+,50+,52+,54+,55+,58+,82?,83?/m0/s1. The van der Waals surface area contributed by atoms with Crippen molar-refractivity contribution in [2.45, 2.75) is 126 Å². The summed E-state index contributed by atoms with van der Waals surface area (Å²) in [4.78, 5) is 63.2. The number of nitrogens with one attached hydrogen (secondary N) is 1. The molecule has 85 heavy (non-hydrogen) atoms. The van der Waals surface area contributed by atoms with Crippen LogP contribution in [0.4, 0.5) is 5.82 Å². The zero-order valence-corrected chi connectivity index (χ0v) is 50.7. The summed E-state index contributed by atoms with van der Waals surface area (Å²) >= 11 is 1.72. The van der Waals surface area contributed by atoms with Crippen LogP contribution in [-0.4, -0.2) is 93.3 Å². The van der Waals surface area contributed by atoms with E-state index < -0.39 is 87.0 Å². The average molecular weight is 1240 g/mol. The number of rotatable bonds is 23. The van der Waals surface area contributed by atoms with Crippen molar-refractivity contribution in [3.05, 3.63) is 182 Å². The predicted octanol–water partition coefficient (Wildman–Crippen LogP) is 11.9. The largest absolute Gasteiger partial charge is 0.494 e. The Morgan fingerprint density at radius 1 is 0.694 bits per heavy atom. The summed E-state index contributed by atoms with van der Waals surface area (Å²) < 4.78 is 90.6. The molecular weight excluding hydrogens is 1170 g/mol. The second-order valence-corrected chi connectivity index (χ2v) is 28.9. The number of carbonyl (C=O) groups excluding carboxylic acids is 2. The van der Waals surface area contributed by atoms with Crippen LogP contribution < -0.4 is 26.5 Å². The number of H-pyrrole nitrogens is 1. The second kappa shape index (κ2) is 28.5. The van der Waals surface area contributed by atoms with E-state index in [-0.39, 0.29) is 35.3 Å². The van der Waals surface area contributed by atoms with Crippen LogP contribution in [0.3, 0.4) is 0 Å². The van der Waals surface area contributed by atoms with Gasteiger partial charge in [0.05, 0.1) is 30.8 Å². The number of anilines is 1. The van der Waals surface area contributed by atoms with E-state index in [2.05, 4.69) is 21.9 Å². The number of fused-ring (bicyclic) bond motifs is 4. The highest BCUT2D eigenvalue weighted by Gasteiger charge is 2.53. The van der Waals surface area contributed by atoms with Gasteiger partial charge in [0, 0.05) is 54.6 Å². The SMILES string of the molecule is CCCCCCCCCCOc1ccc(C(=O)Oc2ccc(CSP3(=O)OC[C@H]4O[C@@H](n5ccc(=O)[nH]c5=O)[C@H](OP(=O)(SCc5ccc(C(=O)c6ccc(C)cc6)cc5)OC[C@H]5O[C@@H](n6ccc7c(N)ncnc76)C[C@@H]5O3)[C@@H]4OC)cc2)cc1. The quantitative estimate of drug-likeness (QED) is 0.0198. The highest BCUT2D eigenvalue weighted by molar-refractivity contribution is 8.55. The van der Waals surface area contributed by atoms with Crippen molar-refractivity contribution in [3.8, 4) is 11.5 Å².